The number of nitrogens with zero attached hydrogens (tertiary/aromatic N) is 1. The number of aliphatic hydroxyl groups excluding tert-OH is 1. The average molecular weight is 217 g/mol. The van der Waals surface area contributed by atoms with Gasteiger partial charge < -0.3 is 9.67 Å². The lowest BCUT2D eigenvalue weighted by Gasteiger charge is -2.14. The third-order valence-corrected chi connectivity index (χ3v) is 3.03. The van der Waals surface area contributed by atoms with Crippen LogP contribution in [-0.2, 0) is 6.42 Å². The Bertz CT molecular complexity index is 497. The van der Waals surface area contributed by atoms with Crippen LogP contribution >= 0.6 is 0 Å². The molecular formula is C14H19NO. The Labute approximate surface area is 96.5 Å². The Morgan fingerprint density at radius 1 is 1.31 bits per heavy atom. The van der Waals surface area contributed by atoms with E-state index in [1.807, 2.05) is 0 Å². The van der Waals surface area contributed by atoms with Crippen LogP contribution in [0.1, 0.15) is 31.1 Å². The highest BCUT2D eigenvalue weighted by Crippen LogP contribution is 2.26. The van der Waals surface area contributed by atoms with Gasteiger partial charge in [-0.2, -0.15) is 0 Å². The average Bonchev–Trinajstić information content (AvgIpc) is 2.55. The first-order chi connectivity index (χ1) is 7.65. The number of benzene rings is 1. The minimum absolute atomic E-state index is 0.210. The molecule has 0 spiro atoms. The Morgan fingerprint density at radius 3 is 2.69 bits per heavy atom. The molecule has 0 aliphatic carbocycles. The Balaban J connectivity index is 2.72. The van der Waals surface area contributed by atoms with Gasteiger partial charge in [-0.25, -0.2) is 0 Å². The summed E-state index contributed by atoms with van der Waals surface area (Å²) < 4.78 is 2.35. The molecule has 0 fully saturated rings. The first kappa shape index (κ1) is 11.2. The van der Waals surface area contributed by atoms with Crippen molar-refractivity contribution in [2.24, 2.45) is 0 Å². The van der Waals surface area contributed by atoms with E-state index in [0.717, 1.165) is 6.42 Å². The molecule has 0 saturated heterocycles. The predicted octanol–water partition coefficient (Wildman–Crippen LogP) is 3.07. The number of aromatic nitrogens is 1. The molecule has 2 aromatic rings. The summed E-state index contributed by atoms with van der Waals surface area (Å²) in [4.78, 5) is 0. The normalized spacial score (nSPS) is 11.6. The number of fused-ring (bicyclic) bond motifs is 1. The van der Waals surface area contributed by atoms with Crippen LogP contribution in [0.5, 0.6) is 0 Å². The zero-order valence-electron chi connectivity index (χ0n) is 10.2. The molecule has 2 heteroatoms. The third kappa shape index (κ3) is 1.74. The van der Waals surface area contributed by atoms with Gasteiger partial charge in [0.2, 0.25) is 0 Å². The van der Waals surface area contributed by atoms with Crippen molar-refractivity contribution in [1.29, 1.82) is 0 Å². The van der Waals surface area contributed by atoms with Gasteiger partial charge in [0.05, 0.1) is 5.52 Å². The van der Waals surface area contributed by atoms with Crippen LogP contribution in [0.4, 0.5) is 0 Å². The summed E-state index contributed by atoms with van der Waals surface area (Å²) in [6, 6.07) is 8.99. The lowest BCUT2D eigenvalue weighted by atomic mass is 10.1. The Morgan fingerprint density at radius 2 is 2.06 bits per heavy atom. The van der Waals surface area contributed by atoms with Gasteiger partial charge in [0.25, 0.3) is 0 Å². The van der Waals surface area contributed by atoms with Crippen molar-refractivity contribution in [3.8, 4) is 0 Å². The quantitative estimate of drug-likeness (QED) is 0.839. The fourth-order valence-corrected chi connectivity index (χ4v) is 2.48. The van der Waals surface area contributed by atoms with Gasteiger partial charge in [-0.1, -0.05) is 18.2 Å². The van der Waals surface area contributed by atoms with Gasteiger partial charge in [0.1, 0.15) is 0 Å². The molecule has 0 unspecified atom stereocenters. The molecule has 1 heterocycles. The minimum atomic E-state index is 0.210. The lowest BCUT2D eigenvalue weighted by Crippen LogP contribution is -2.04. The fraction of sp³-hybridized carbons (Fsp3) is 0.429. The second-order valence-corrected chi connectivity index (χ2v) is 4.58. The second-order valence-electron chi connectivity index (χ2n) is 4.58. The summed E-state index contributed by atoms with van der Waals surface area (Å²) in [5, 5.41) is 10.4. The van der Waals surface area contributed by atoms with E-state index < -0.39 is 0 Å². The number of rotatable bonds is 3. The van der Waals surface area contributed by atoms with E-state index in [1.54, 1.807) is 0 Å². The molecule has 0 amide bonds. The molecule has 2 rings (SSSR count). The van der Waals surface area contributed by atoms with Crippen LogP contribution in [-0.4, -0.2) is 16.3 Å². The van der Waals surface area contributed by atoms with E-state index in [4.69, 9.17) is 5.11 Å². The van der Waals surface area contributed by atoms with E-state index in [9.17, 15) is 0 Å². The third-order valence-electron chi connectivity index (χ3n) is 3.03. The molecular weight excluding hydrogens is 198 g/mol. The van der Waals surface area contributed by atoms with Crippen LogP contribution in [0.2, 0.25) is 0 Å². The van der Waals surface area contributed by atoms with E-state index in [-0.39, 0.29) is 6.61 Å². The smallest absolute Gasteiger partial charge is 0.0518 e. The molecule has 86 valence electrons. The van der Waals surface area contributed by atoms with Crippen molar-refractivity contribution < 1.29 is 5.11 Å². The van der Waals surface area contributed by atoms with Gasteiger partial charge in [-0.15, -0.1) is 0 Å². The molecule has 0 radical (unpaired) electrons. The molecule has 0 bridgehead atoms. The molecule has 0 aliphatic heterocycles. The maximum absolute atomic E-state index is 9.11. The molecule has 1 aromatic heterocycles. The fourth-order valence-electron chi connectivity index (χ4n) is 2.48. The largest absolute Gasteiger partial charge is 0.396 e. The lowest BCUT2D eigenvalue weighted by molar-refractivity contribution is 0.300. The van der Waals surface area contributed by atoms with E-state index >= 15 is 0 Å². The predicted molar refractivity (Wildman–Crippen MR) is 67.8 cm³/mol. The molecule has 2 nitrogen and oxygen atoms in total. The van der Waals surface area contributed by atoms with Crippen molar-refractivity contribution >= 4 is 10.9 Å². The molecule has 0 saturated carbocycles. The first-order valence-corrected chi connectivity index (χ1v) is 5.85. The van der Waals surface area contributed by atoms with Crippen molar-refractivity contribution in [2.75, 3.05) is 6.61 Å². The summed E-state index contributed by atoms with van der Waals surface area (Å²) in [5.41, 5.74) is 3.81. The summed E-state index contributed by atoms with van der Waals surface area (Å²) in [6.07, 6.45) is 0.730. The Kier molecular flexibility index (Phi) is 3.01. The highest BCUT2D eigenvalue weighted by Gasteiger charge is 2.11. The summed E-state index contributed by atoms with van der Waals surface area (Å²) >= 11 is 0. The maximum Gasteiger partial charge on any atom is 0.0518 e. The minimum Gasteiger partial charge on any atom is -0.396 e. The monoisotopic (exact) mass is 217 g/mol. The zero-order chi connectivity index (χ0) is 11.7. The molecule has 1 N–H and O–H groups in total. The van der Waals surface area contributed by atoms with E-state index in [0.29, 0.717) is 6.04 Å². The Hall–Kier alpha value is -1.28. The summed E-state index contributed by atoms with van der Waals surface area (Å²) in [6.45, 7) is 6.74. The van der Waals surface area contributed by atoms with Crippen molar-refractivity contribution in [3.63, 3.8) is 0 Å². The van der Waals surface area contributed by atoms with Crippen LogP contribution in [0, 0.1) is 6.92 Å². The number of aliphatic hydroxyl groups is 1. The van der Waals surface area contributed by atoms with Crippen LogP contribution in [0.3, 0.4) is 0 Å². The highest BCUT2D eigenvalue weighted by molar-refractivity contribution is 5.84. The van der Waals surface area contributed by atoms with Crippen molar-refractivity contribution in [3.05, 3.63) is 35.5 Å². The van der Waals surface area contributed by atoms with Crippen LogP contribution in [0.15, 0.2) is 24.3 Å². The SMILES string of the molecule is Cc1cc2cccc(CCO)c2n1C(C)C. The highest BCUT2D eigenvalue weighted by atomic mass is 16.2. The molecule has 16 heavy (non-hydrogen) atoms. The van der Waals surface area contributed by atoms with E-state index in [1.165, 1.54) is 22.2 Å². The molecule has 0 atom stereocenters. The first-order valence-electron chi connectivity index (χ1n) is 5.85. The van der Waals surface area contributed by atoms with Gasteiger partial charge >= 0.3 is 0 Å². The van der Waals surface area contributed by atoms with Gasteiger partial charge in [-0.05, 0) is 38.8 Å². The molecule has 1 aromatic carbocycles. The topological polar surface area (TPSA) is 25.2 Å². The van der Waals surface area contributed by atoms with Crippen molar-refractivity contribution in [1.82, 2.24) is 4.57 Å². The number of para-hydroxylation sites is 1. The van der Waals surface area contributed by atoms with E-state index in [2.05, 4.69) is 49.6 Å². The van der Waals surface area contributed by atoms with Gasteiger partial charge in [-0.3, -0.25) is 0 Å². The maximum atomic E-state index is 9.11. The van der Waals surface area contributed by atoms with Crippen LogP contribution in [0.25, 0.3) is 10.9 Å². The van der Waals surface area contributed by atoms with Gasteiger partial charge in [0.15, 0.2) is 0 Å². The number of hydrogen-bond acceptors (Lipinski definition) is 1. The zero-order valence-corrected chi connectivity index (χ0v) is 10.2. The number of aryl methyl sites for hydroxylation is 1. The van der Waals surface area contributed by atoms with Gasteiger partial charge in [0, 0.05) is 23.7 Å². The number of hydrogen-bond donors (Lipinski definition) is 1. The second kappa shape index (κ2) is 4.30. The van der Waals surface area contributed by atoms with Crippen molar-refractivity contribution in [2.45, 2.75) is 33.2 Å². The van der Waals surface area contributed by atoms with Crippen LogP contribution < -0.4 is 0 Å². The molecule has 0 aliphatic rings. The summed E-state index contributed by atoms with van der Waals surface area (Å²) in [7, 11) is 0. The standard InChI is InChI=1S/C14H19NO/c1-10(2)15-11(3)9-13-6-4-5-12(7-8-16)14(13)15/h4-6,9-10,16H,7-8H2,1-3H3. The summed E-state index contributed by atoms with van der Waals surface area (Å²) in [5.74, 6) is 0.